The molecule has 3 rings (SSSR count). The van der Waals surface area contributed by atoms with Crippen LogP contribution in [-0.4, -0.2) is 14.6 Å². The van der Waals surface area contributed by atoms with Crippen molar-refractivity contribution in [1.29, 1.82) is 5.26 Å². The lowest BCUT2D eigenvalue weighted by atomic mass is 10.1. The molecule has 0 fully saturated rings. The second kappa shape index (κ2) is 4.78. The van der Waals surface area contributed by atoms with Gasteiger partial charge in [0.05, 0.1) is 11.8 Å². The second-order valence-corrected chi connectivity index (χ2v) is 5.06. The molecule has 0 spiro atoms. The Morgan fingerprint density at radius 3 is 2.55 bits per heavy atom. The molecule has 98 valence electrons. The minimum atomic E-state index is 0.253. The SMILES string of the molecule is Cc1ccc(-c2c(Cl)nc3c(C#N)cnn3c2Cl)cc1. The van der Waals surface area contributed by atoms with Crippen LogP contribution in [0.2, 0.25) is 10.3 Å². The number of nitriles is 1. The van der Waals surface area contributed by atoms with Crippen molar-refractivity contribution in [2.45, 2.75) is 6.92 Å². The highest BCUT2D eigenvalue weighted by molar-refractivity contribution is 6.38. The van der Waals surface area contributed by atoms with Crippen molar-refractivity contribution >= 4 is 28.8 Å². The number of halogens is 2. The van der Waals surface area contributed by atoms with Crippen LogP contribution >= 0.6 is 23.2 Å². The minimum absolute atomic E-state index is 0.253. The number of aryl methyl sites for hydroxylation is 1. The summed E-state index contributed by atoms with van der Waals surface area (Å²) in [6.07, 6.45) is 1.42. The summed E-state index contributed by atoms with van der Waals surface area (Å²) < 4.78 is 1.42. The molecule has 0 unspecified atom stereocenters. The molecule has 0 radical (unpaired) electrons. The van der Waals surface area contributed by atoms with Crippen molar-refractivity contribution in [2.24, 2.45) is 0 Å². The largest absolute Gasteiger partial charge is 0.215 e. The van der Waals surface area contributed by atoms with E-state index in [2.05, 4.69) is 10.1 Å². The zero-order valence-electron chi connectivity index (χ0n) is 10.4. The first-order chi connectivity index (χ1) is 9.61. The molecular weight excluding hydrogens is 295 g/mol. The summed E-state index contributed by atoms with van der Waals surface area (Å²) in [7, 11) is 0. The Morgan fingerprint density at radius 2 is 1.90 bits per heavy atom. The van der Waals surface area contributed by atoms with Crippen LogP contribution in [0.15, 0.2) is 30.5 Å². The lowest BCUT2D eigenvalue weighted by Gasteiger charge is -2.08. The van der Waals surface area contributed by atoms with Gasteiger partial charge in [0.2, 0.25) is 0 Å². The molecule has 20 heavy (non-hydrogen) atoms. The van der Waals surface area contributed by atoms with Gasteiger partial charge in [-0.3, -0.25) is 0 Å². The first-order valence-electron chi connectivity index (χ1n) is 5.81. The molecule has 0 amide bonds. The van der Waals surface area contributed by atoms with Crippen molar-refractivity contribution in [1.82, 2.24) is 14.6 Å². The highest BCUT2D eigenvalue weighted by atomic mass is 35.5. The summed E-state index contributed by atoms with van der Waals surface area (Å²) in [6, 6.07) is 9.79. The molecule has 0 saturated heterocycles. The van der Waals surface area contributed by atoms with Crippen molar-refractivity contribution in [3.8, 4) is 17.2 Å². The molecule has 0 aliphatic rings. The standard InChI is InChI=1S/C14H8Cl2N4/c1-8-2-4-9(5-3-8)11-12(15)19-14-10(6-17)7-18-20(14)13(11)16/h2-5,7H,1H3. The smallest absolute Gasteiger partial charge is 0.176 e. The third-order valence-electron chi connectivity index (χ3n) is 3.01. The minimum Gasteiger partial charge on any atom is -0.215 e. The van der Waals surface area contributed by atoms with E-state index in [0.29, 0.717) is 21.9 Å². The highest BCUT2D eigenvalue weighted by Crippen LogP contribution is 2.34. The molecular formula is C14H8Cl2N4. The average molecular weight is 303 g/mol. The van der Waals surface area contributed by atoms with Gasteiger partial charge in [0.15, 0.2) is 5.65 Å². The van der Waals surface area contributed by atoms with Crippen LogP contribution in [-0.2, 0) is 0 Å². The molecule has 1 aromatic carbocycles. The Morgan fingerprint density at radius 1 is 1.20 bits per heavy atom. The number of benzene rings is 1. The summed E-state index contributed by atoms with van der Waals surface area (Å²) in [5.41, 5.74) is 3.30. The maximum Gasteiger partial charge on any atom is 0.176 e. The lowest BCUT2D eigenvalue weighted by molar-refractivity contribution is 0.942. The van der Waals surface area contributed by atoms with Crippen LogP contribution in [0, 0.1) is 18.3 Å². The Kier molecular flexibility index (Phi) is 3.09. The molecule has 0 bridgehead atoms. The molecule has 6 heteroatoms. The van der Waals surface area contributed by atoms with E-state index in [-0.39, 0.29) is 5.15 Å². The number of hydrogen-bond donors (Lipinski definition) is 0. The maximum atomic E-state index is 8.99. The molecule has 0 N–H and O–H groups in total. The molecule has 0 saturated carbocycles. The number of aromatic nitrogens is 3. The number of hydrogen-bond acceptors (Lipinski definition) is 3. The van der Waals surface area contributed by atoms with Crippen molar-refractivity contribution < 1.29 is 0 Å². The Labute approximate surface area is 125 Å². The van der Waals surface area contributed by atoms with E-state index in [1.165, 1.54) is 10.7 Å². The van der Waals surface area contributed by atoms with Gasteiger partial charge in [0.1, 0.15) is 21.9 Å². The Bertz CT molecular complexity index is 844. The summed E-state index contributed by atoms with van der Waals surface area (Å²) in [5, 5.41) is 13.7. The predicted molar refractivity (Wildman–Crippen MR) is 77.9 cm³/mol. The number of fused-ring (bicyclic) bond motifs is 1. The van der Waals surface area contributed by atoms with Gasteiger partial charge in [0, 0.05) is 0 Å². The van der Waals surface area contributed by atoms with E-state index >= 15 is 0 Å². The van der Waals surface area contributed by atoms with E-state index in [4.69, 9.17) is 28.5 Å². The van der Waals surface area contributed by atoms with Crippen molar-refractivity contribution in [2.75, 3.05) is 0 Å². The van der Waals surface area contributed by atoms with Gasteiger partial charge in [-0.1, -0.05) is 53.0 Å². The monoisotopic (exact) mass is 302 g/mol. The van der Waals surface area contributed by atoms with Gasteiger partial charge in [0.25, 0.3) is 0 Å². The fourth-order valence-electron chi connectivity index (χ4n) is 1.97. The Hall–Kier alpha value is -2.09. The summed E-state index contributed by atoms with van der Waals surface area (Å²) in [4.78, 5) is 4.22. The molecule has 4 nitrogen and oxygen atoms in total. The predicted octanol–water partition coefficient (Wildman–Crippen LogP) is 3.88. The third-order valence-corrected chi connectivity index (χ3v) is 3.63. The topological polar surface area (TPSA) is 54.0 Å². The first-order valence-corrected chi connectivity index (χ1v) is 6.57. The number of rotatable bonds is 1. The summed E-state index contributed by atoms with van der Waals surface area (Å²) in [6.45, 7) is 2.00. The molecule has 0 aliphatic heterocycles. The highest BCUT2D eigenvalue weighted by Gasteiger charge is 2.17. The fourth-order valence-corrected chi connectivity index (χ4v) is 2.62. The van der Waals surface area contributed by atoms with E-state index in [0.717, 1.165) is 11.1 Å². The van der Waals surface area contributed by atoms with Crippen LogP contribution in [0.25, 0.3) is 16.8 Å². The average Bonchev–Trinajstić information content (AvgIpc) is 2.84. The fraction of sp³-hybridized carbons (Fsp3) is 0.0714. The lowest BCUT2D eigenvalue weighted by Crippen LogP contribution is -1.97. The maximum absolute atomic E-state index is 8.99. The molecule has 0 aliphatic carbocycles. The third kappa shape index (κ3) is 1.92. The van der Waals surface area contributed by atoms with Crippen LogP contribution in [0.5, 0.6) is 0 Å². The van der Waals surface area contributed by atoms with Crippen LogP contribution < -0.4 is 0 Å². The van der Waals surface area contributed by atoms with Crippen LogP contribution in [0.4, 0.5) is 0 Å². The van der Waals surface area contributed by atoms with E-state index in [9.17, 15) is 0 Å². The van der Waals surface area contributed by atoms with Crippen LogP contribution in [0.3, 0.4) is 0 Å². The van der Waals surface area contributed by atoms with Gasteiger partial charge in [-0.05, 0) is 12.5 Å². The first kappa shape index (κ1) is 12.9. The van der Waals surface area contributed by atoms with E-state index < -0.39 is 0 Å². The van der Waals surface area contributed by atoms with E-state index in [1.54, 1.807) is 0 Å². The van der Waals surface area contributed by atoms with Gasteiger partial charge in [-0.25, -0.2) is 9.50 Å². The normalized spacial score (nSPS) is 10.7. The van der Waals surface area contributed by atoms with E-state index in [1.807, 2.05) is 37.3 Å². The molecule has 3 aromatic rings. The van der Waals surface area contributed by atoms with Crippen molar-refractivity contribution in [3.63, 3.8) is 0 Å². The quantitative estimate of drug-likeness (QED) is 0.641. The zero-order chi connectivity index (χ0) is 14.3. The van der Waals surface area contributed by atoms with Crippen LogP contribution in [0.1, 0.15) is 11.1 Å². The molecule has 0 atom stereocenters. The van der Waals surface area contributed by atoms with Gasteiger partial charge < -0.3 is 0 Å². The second-order valence-electron chi connectivity index (χ2n) is 4.34. The zero-order valence-corrected chi connectivity index (χ0v) is 11.9. The molecule has 2 aromatic heterocycles. The van der Waals surface area contributed by atoms with Gasteiger partial charge >= 0.3 is 0 Å². The van der Waals surface area contributed by atoms with Crippen molar-refractivity contribution in [3.05, 3.63) is 51.9 Å². The number of nitrogens with zero attached hydrogens (tertiary/aromatic N) is 4. The van der Waals surface area contributed by atoms with Gasteiger partial charge in [-0.2, -0.15) is 10.4 Å². The summed E-state index contributed by atoms with van der Waals surface area (Å²) >= 11 is 12.6. The Balaban J connectivity index is 2.32. The molecule has 2 heterocycles. The summed E-state index contributed by atoms with van der Waals surface area (Å²) in [5.74, 6) is 0. The van der Waals surface area contributed by atoms with Gasteiger partial charge in [-0.15, -0.1) is 0 Å².